The van der Waals surface area contributed by atoms with Gasteiger partial charge in [0.15, 0.2) is 6.29 Å². The quantitative estimate of drug-likeness (QED) is 0.171. The Morgan fingerprint density at radius 1 is 1.24 bits per heavy atom. The van der Waals surface area contributed by atoms with Crippen molar-refractivity contribution in [2.45, 2.75) is 51.7 Å². The van der Waals surface area contributed by atoms with Gasteiger partial charge in [0, 0.05) is 43.3 Å². The minimum atomic E-state index is -2.70. The van der Waals surface area contributed by atoms with Crippen LogP contribution in [0.3, 0.4) is 0 Å². The van der Waals surface area contributed by atoms with Crippen LogP contribution in [0, 0.1) is 5.92 Å². The molecule has 2 aromatic heterocycles. The van der Waals surface area contributed by atoms with E-state index in [9.17, 15) is 18.4 Å². The molecule has 1 atom stereocenters. The van der Waals surface area contributed by atoms with Crippen LogP contribution < -0.4 is 4.90 Å². The summed E-state index contributed by atoms with van der Waals surface area (Å²) in [6, 6.07) is 6.96. The summed E-state index contributed by atoms with van der Waals surface area (Å²) < 4.78 is 34.7. The van der Waals surface area contributed by atoms with Gasteiger partial charge < -0.3 is 4.74 Å². The molecule has 1 unspecified atom stereocenters. The summed E-state index contributed by atoms with van der Waals surface area (Å²) in [5.41, 5.74) is 1.39. The van der Waals surface area contributed by atoms with Gasteiger partial charge in [-0.25, -0.2) is 13.5 Å². The average Bonchev–Trinajstić information content (AvgIpc) is 3.42. The summed E-state index contributed by atoms with van der Waals surface area (Å²) >= 11 is 5.92. The van der Waals surface area contributed by atoms with Gasteiger partial charge in [-0.05, 0) is 42.6 Å². The first kappa shape index (κ1) is 28.0. The van der Waals surface area contributed by atoms with E-state index in [4.69, 9.17) is 16.3 Å². The maximum Gasteiger partial charge on any atom is 0.264 e. The molecular formula is C26H30ClF2N5O3Si. The SMILES string of the molecule is C[Si](C)(C)CCOCn1nc(-c2ccnnc2)c(C=O)c1N1CCC(Cc2ccc(Cl)cc2C(F)F)C1=O. The lowest BCUT2D eigenvalue weighted by atomic mass is 9.94. The molecule has 202 valence electrons. The number of halogens is 3. The fraction of sp³-hybridized carbons (Fsp3) is 0.423. The molecule has 0 aliphatic carbocycles. The number of alkyl halides is 2. The highest BCUT2D eigenvalue weighted by molar-refractivity contribution is 6.76. The maximum absolute atomic E-state index is 13.6. The van der Waals surface area contributed by atoms with Crippen molar-refractivity contribution in [1.29, 1.82) is 0 Å². The summed E-state index contributed by atoms with van der Waals surface area (Å²) in [5.74, 6) is -0.459. The highest BCUT2D eigenvalue weighted by atomic mass is 35.5. The molecule has 3 heterocycles. The first-order chi connectivity index (χ1) is 18.1. The van der Waals surface area contributed by atoms with Crippen LogP contribution in [0.1, 0.15) is 34.3 Å². The number of ether oxygens (including phenoxy) is 1. The van der Waals surface area contributed by atoms with Crippen molar-refractivity contribution in [2.75, 3.05) is 18.1 Å². The Morgan fingerprint density at radius 3 is 2.68 bits per heavy atom. The van der Waals surface area contributed by atoms with Crippen molar-refractivity contribution in [3.8, 4) is 11.3 Å². The number of benzene rings is 1. The van der Waals surface area contributed by atoms with Gasteiger partial charge >= 0.3 is 0 Å². The van der Waals surface area contributed by atoms with E-state index >= 15 is 0 Å². The van der Waals surface area contributed by atoms with Crippen LogP contribution in [0.25, 0.3) is 11.3 Å². The van der Waals surface area contributed by atoms with Crippen molar-refractivity contribution in [3.05, 3.63) is 58.4 Å². The summed E-state index contributed by atoms with van der Waals surface area (Å²) in [5, 5.41) is 12.5. The number of aldehydes is 1. The van der Waals surface area contributed by atoms with Gasteiger partial charge in [0.25, 0.3) is 6.43 Å². The summed E-state index contributed by atoms with van der Waals surface area (Å²) in [7, 11) is -1.33. The largest absolute Gasteiger partial charge is 0.359 e. The second kappa shape index (κ2) is 11.8. The normalized spacial score (nSPS) is 16.0. The molecular weight excluding hydrogens is 532 g/mol. The number of carbonyl (C=O) groups excluding carboxylic acids is 2. The summed E-state index contributed by atoms with van der Waals surface area (Å²) in [6.45, 7) is 7.64. The van der Waals surface area contributed by atoms with Crippen molar-refractivity contribution in [2.24, 2.45) is 5.92 Å². The third-order valence-electron chi connectivity index (χ3n) is 6.53. The average molecular weight is 562 g/mol. The first-order valence-corrected chi connectivity index (χ1v) is 16.5. The predicted octanol–water partition coefficient (Wildman–Crippen LogP) is 5.65. The van der Waals surface area contributed by atoms with E-state index in [0.717, 1.165) is 6.04 Å². The van der Waals surface area contributed by atoms with Crippen LogP contribution >= 0.6 is 11.6 Å². The number of rotatable bonds is 11. The molecule has 1 aromatic carbocycles. The monoisotopic (exact) mass is 561 g/mol. The molecule has 0 bridgehead atoms. The Morgan fingerprint density at radius 2 is 2.03 bits per heavy atom. The Hall–Kier alpha value is -3.02. The lowest BCUT2D eigenvalue weighted by Crippen LogP contribution is -2.31. The Labute approximate surface area is 226 Å². The molecule has 1 saturated heterocycles. The number of amides is 1. The minimum Gasteiger partial charge on any atom is -0.359 e. The molecule has 0 radical (unpaired) electrons. The van der Waals surface area contributed by atoms with Gasteiger partial charge in [-0.2, -0.15) is 15.3 Å². The smallest absolute Gasteiger partial charge is 0.264 e. The molecule has 0 N–H and O–H groups in total. The molecule has 8 nitrogen and oxygen atoms in total. The molecule has 1 amide bonds. The summed E-state index contributed by atoms with van der Waals surface area (Å²) in [4.78, 5) is 27.4. The van der Waals surface area contributed by atoms with E-state index in [2.05, 4.69) is 34.9 Å². The maximum atomic E-state index is 13.6. The first-order valence-electron chi connectivity index (χ1n) is 12.4. The standard InChI is InChI=1S/C26H30ClF2N5O3Si/c1-38(2,3)11-10-37-16-34-25(22(15-35)23(32-34)19-6-8-30-31-14-19)33-9-7-18(26(33)36)12-17-4-5-20(27)13-21(17)24(28)29/h4-6,8,13-15,18,24H,7,9-12,16H2,1-3H3. The van der Waals surface area contributed by atoms with Gasteiger partial charge in [-0.15, -0.1) is 0 Å². The number of hydrogen-bond acceptors (Lipinski definition) is 6. The molecule has 1 aliphatic heterocycles. The van der Waals surface area contributed by atoms with Gasteiger partial charge in [0.1, 0.15) is 18.2 Å². The second-order valence-corrected chi connectivity index (χ2v) is 16.6. The fourth-order valence-electron chi connectivity index (χ4n) is 4.48. The molecule has 3 aromatic rings. The lowest BCUT2D eigenvalue weighted by molar-refractivity contribution is -0.120. The third kappa shape index (κ3) is 6.33. The highest BCUT2D eigenvalue weighted by Gasteiger charge is 2.37. The van der Waals surface area contributed by atoms with Crippen LogP contribution in [-0.4, -0.2) is 53.4 Å². The van der Waals surface area contributed by atoms with E-state index in [1.807, 2.05) is 0 Å². The molecule has 1 aliphatic rings. The number of nitrogens with zero attached hydrogens (tertiary/aromatic N) is 5. The van der Waals surface area contributed by atoms with Crippen molar-refractivity contribution < 1.29 is 23.1 Å². The Bertz CT molecular complexity index is 1300. The topological polar surface area (TPSA) is 90.2 Å². The lowest BCUT2D eigenvalue weighted by Gasteiger charge is -2.20. The number of hydrogen-bond donors (Lipinski definition) is 0. The van der Waals surface area contributed by atoms with Crippen LogP contribution in [0.2, 0.25) is 30.7 Å². The van der Waals surface area contributed by atoms with Gasteiger partial charge in [-0.3, -0.25) is 14.5 Å². The number of anilines is 1. The Kier molecular flexibility index (Phi) is 8.69. The van der Waals surface area contributed by atoms with Crippen molar-refractivity contribution in [3.63, 3.8) is 0 Å². The molecule has 4 rings (SSSR count). The zero-order valence-electron chi connectivity index (χ0n) is 21.5. The zero-order chi connectivity index (χ0) is 27.4. The van der Waals surface area contributed by atoms with Crippen LogP contribution in [0.15, 0.2) is 36.7 Å². The van der Waals surface area contributed by atoms with Crippen LogP contribution in [-0.2, 0) is 22.7 Å². The molecule has 12 heteroatoms. The number of carbonyl (C=O) groups is 2. The van der Waals surface area contributed by atoms with E-state index in [0.29, 0.717) is 48.5 Å². The Balaban J connectivity index is 1.64. The van der Waals surface area contributed by atoms with Crippen LogP contribution in [0.5, 0.6) is 0 Å². The van der Waals surface area contributed by atoms with E-state index < -0.39 is 20.4 Å². The van der Waals surface area contributed by atoms with Crippen molar-refractivity contribution in [1.82, 2.24) is 20.0 Å². The molecule has 0 spiro atoms. The second-order valence-electron chi connectivity index (χ2n) is 10.5. The number of aromatic nitrogens is 4. The van der Waals surface area contributed by atoms with Crippen LogP contribution in [0.4, 0.5) is 14.6 Å². The molecule has 0 saturated carbocycles. The minimum absolute atomic E-state index is 0.0559. The fourth-order valence-corrected chi connectivity index (χ4v) is 5.42. The van der Waals surface area contributed by atoms with Gasteiger partial charge in [0.2, 0.25) is 5.91 Å². The summed E-state index contributed by atoms with van der Waals surface area (Å²) in [6.07, 6.45) is 1.55. The third-order valence-corrected chi connectivity index (χ3v) is 8.47. The van der Waals surface area contributed by atoms with Gasteiger partial charge in [0.05, 0.1) is 18.0 Å². The highest BCUT2D eigenvalue weighted by Crippen LogP contribution is 2.36. The van der Waals surface area contributed by atoms with E-state index in [1.54, 1.807) is 18.2 Å². The predicted molar refractivity (Wildman–Crippen MR) is 143 cm³/mol. The molecule has 38 heavy (non-hydrogen) atoms. The molecule has 1 fully saturated rings. The van der Waals surface area contributed by atoms with Crippen molar-refractivity contribution >= 4 is 37.7 Å². The zero-order valence-corrected chi connectivity index (χ0v) is 23.3. The van der Waals surface area contributed by atoms with E-state index in [-0.39, 0.29) is 35.2 Å². The van der Waals surface area contributed by atoms with E-state index in [1.165, 1.54) is 28.0 Å². The van der Waals surface area contributed by atoms with Gasteiger partial charge in [-0.1, -0.05) is 37.3 Å².